The number of rotatable bonds is 3. The Morgan fingerprint density at radius 1 is 1.38 bits per heavy atom. The third-order valence-corrected chi connectivity index (χ3v) is 7.74. The van der Waals surface area contributed by atoms with E-state index in [1.165, 1.54) is 24.2 Å². The van der Waals surface area contributed by atoms with Crippen molar-refractivity contribution in [2.24, 2.45) is 5.73 Å². The van der Waals surface area contributed by atoms with Crippen molar-refractivity contribution in [3.05, 3.63) is 16.3 Å². The molecule has 2 atom stereocenters. The van der Waals surface area contributed by atoms with E-state index in [1.54, 1.807) is 10.4 Å². The van der Waals surface area contributed by atoms with E-state index in [-0.39, 0.29) is 12.6 Å². The third kappa shape index (κ3) is 2.77. The van der Waals surface area contributed by atoms with Crippen LogP contribution in [0.4, 0.5) is 0 Å². The second kappa shape index (κ2) is 5.96. The maximum atomic E-state index is 13.0. The molecule has 0 saturated carbocycles. The van der Waals surface area contributed by atoms with Gasteiger partial charge < -0.3 is 5.73 Å². The summed E-state index contributed by atoms with van der Waals surface area (Å²) in [7, 11) is -3.42. The largest absolute Gasteiger partial charge is 0.326 e. The van der Waals surface area contributed by atoms with E-state index in [4.69, 9.17) is 5.73 Å². The minimum Gasteiger partial charge on any atom is -0.326 e. The molecule has 0 bridgehead atoms. The van der Waals surface area contributed by atoms with E-state index in [9.17, 15) is 8.42 Å². The molecular weight excluding hydrogens is 306 g/mol. The van der Waals surface area contributed by atoms with Crippen LogP contribution in [0.2, 0.25) is 0 Å². The van der Waals surface area contributed by atoms with Crippen molar-refractivity contribution in [2.45, 2.75) is 49.7 Å². The molecule has 0 amide bonds. The van der Waals surface area contributed by atoms with Crippen molar-refractivity contribution >= 4 is 21.4 Å². The predicted molar refractivity (Wildman–Crippen MR) is 84.8 cm³/mol. The first kappa shape index (κ1) is 15.4. The Bertz CT molecular complexity index is 599. The molecule has 0 radical (unpaired) electrons. The zero-order chi connectivity index (χ0) is 15.0. The Balaban J connectivity index is 1.88. The zero-order valence-electron chi connectivity index (χ0n) is 12.4. The van der Waals surface area contributed by atoms with Crippen LogP contribution in [-0.2, 0) is 16.6 Å². The quantitative estimate of drug-likeness (QED) is 0.911. The number of nitrogens with zero attached hydrogens (tertiary/aromatic N) is 2. The summed E-state index contributed by atoms with van der Waals surface area (Å²) < 4.78 is 27.6. The molecule has 3 heterocycles. The number of piperazine rings is 1. The Kier molecular flexibility index (Phi) is 4.38. The van der Waals surface area contributed by atoms with Crippen molar-refractivity contribution in [2.75, 3.05) is 19.6 Å². The molecule has 0 aliphatic carbocycles. The minimum absolute atomic E-state index is 0.0230. The first-order valence-electron chi connectivity index (χ1n) is 7.56. The third-order valence-electron chi connectivity index (χ3n) is 4.61. The Labute approximate surface area is 130 Å². The van der Waals surface area contributed by atoms with Gasteiger partial charge in [-0.3, -0.25) is 4.90 Å². The molecule has 1 aromatic rings. The minimum atomic E-state index is -3.42. The van der Waals surface area contributed by atoms with Gasteiger partial charge in [0.05, 0.1) is 4.90 Å². The highest BCUT2D eigenvalue weighted by Crippen LogP contribution is 2.31. The van der Waals surface area contributed by atoms with Crippen LogP contribution < -0.4 is 5.73 Å². The van der Waals surface area contributed by atoms with Gasteiger partial charge in [-0.2, -0.15) is 4.31 Å². The lowest BCUT2D eigenvalue weighted by Gasteiger charge is -2.46. The highest BCUT2D eigenvalue weighted by Gasteiger charge is 2.40. The molecular formula is C14H23N3O2S2. The van der Waals surface area contributed by atoms with Gasteiger partial charge in [0.2, 0.25) is 10.0 Å². The van der Waals surface area contributed by atoms with Gasteiger partial charge in [-0.05, 0) is 37.8 Å². The molecule has 0 aromatic carbocycles. The van der Waals surface area contributed by atoms with Crippen LogP contribution in [0.3, 0.4) is 0 Å². The predicted octanol–water partition coefficient (Wildman–Crippen LogP) is 1.45. The first-order chi connectivity index (χ1) is 10.0. The van der Waals surface area contributed by atoms with Gasteiger partial charge in [-0.15, -0.1) is 11.3 Å². The van der Waals surface area contributed by atoms with Crippen molar-refractivity contribution in [1.82, 2.24) is 9.21 Å². The summed E-state index contributed by atoms with van der Waals surface area (Å²) in [6.07, 6.45) is 3.54. The SMILES string of the molecule is CC1CN2CCCCC2CN1S(=O)(=O)c1ccsc1CN. The molecule has 2 N–H and O–H groups in total. The molecule has 0 spiro atoms. The van der Waals surface area contributed by atoms with Gasteiger partial charge in [0.1, 0.15) is 0 Å². The van der Waals surface area contributed by atoms with Crippen molar-refractivity contribution < 1.29 is 8.42 Å². The van der Waals surface area contributed by atoms with Crippen molar-refractivity contribution in [1.29, 1.82) is 0 Å². The molecule has 7 heteroatoms. The molecule has 1 aromatic heterocycles. The van der Waals surface area contributed by atoms with E-state index in [2.05, 4.69) is 4.90 Å². The average molecular weight is 329 g/mol. The summed E-state index contributed by atoms with van der Waals surface area (Å²) in [4.78, 5) is 3.62. The van der Waals surface area contributed by atoms with Crippen LogP contribution in [0.5, 0.6) is 0 Å². The molecule has 2 aliphatic rings. The maximum absolute atomic E-state index is 13.0. The maximum Gasteiger partial charge on any atom is 0.244 e. The number of thiophene rings is 1. The number of fused-ring (bicyclic) bond motifs is 1. The van der Waals surface area contributed by atoms with Crippen molar-refractivity contribution in [3.8, 4) is 0 Å². The van der Waals surface area contributed by atoms with Crippen LogP contribution in [0.1, 0.15) is 31.1 Å². The normalized spacial score (nSPS) is 28.5. The summed E-state index contributed by atoms with van der Waals surface area (Å²) >= 11 is 1.42. The molecule has 5 nitrogen and oxygen atoms in total. The number of sulfonamides is 1. The lowest BCUT2D eigenvalue weighted by atomic mass is 9.99. The summed E-state index contributed by atoms with van der Waals surface area (Å²) in [5, 5.41) is 1.82. The van der Waals surface area contributed by atoms with E-state index in [1.807, 2.05) is 12.3 Å². The van der Waals surface area contributed by atoms with Gasteiger partial charge in [-0.1, -0.05) is 6.42 Å². The molecule has 2 saturated heterocycles. The smallest absolute Gasteiger partial charge is 0.244 e. The fourth-order valence-electron chi connectivity index (χ4n) is 3.49. The van der Waals surface area contributed by atoms with Crippen LogP contribution in [0, 0.1) is 0 Å². The molecule has 21 heavy (non-hydrogen) atoms. The van der Waals surface area contributed by atoms with E-state index < -0.39 is 10.0 Å². The van der Waals surface area contributed by atoms with Gasteiger partial charge in [0.15, 0.2) is 0 Å². The standard InChI is InChI=1S/C14H23N3O2S2/c1-11-9-16-6-3-2-4-12(16)10-17(11)21(18,19)14-5-7-20-13(14)8-15/h5,7,11-12H,2-4,6,8-10,15H2,1H3. The van der Waals surface area contributed by atoms with E-state index in [0.717, 1.165) is 24.4 Å². The molecule has 2 unspecified atom stereocenters. The number of hydrogen-bond acceptors (Lipinski definition) is 5. The fraction of sp³-hybridized carbons (Fsp3) is 0.714. The van der Waals surface area contributed by atoms with E-state index in [0.29, 0.717) is 17.5 Å². The van der Waals surface area contributed by atoms with Crippen LogP contribution >= 0.6 is 11.3 Å². The molecule has 2 fully saturated rings. The van der Waals surface area contributed by atoms with Gasteiger partial charge in [0.25, 0.3) is 0 Å². The van der Waals surface area contributed by atoms with Crippen LogP contribution in [-0.4, -0.2) is 49.3 Å². The second-order valence-corrected chi connectivity index (χ2v) is 8.84. The molecule has 2 aliphatic heterocycles. The van der Waals surface area contributed by atoms with Crippen LogP contribution in [0.15, 0.2) is 16.3 Å². The Morgan fingerprint density at radius 3 is 2.95 bits per heavy atom. The zero-order valence-corrected chi connectivity index (χ0v) is 14.0. The van der Waals surface area contributed by atoms with Gasteiger partial charge >= 0.3 is 0 Å². The summed E-state index contributed by atoms with van der Waals surface area (Å²) in [6.45, 7) is 4.85. The van der Waals surface area contributed by atoms with Gasteiger partial charge in [0, 0.05) is 36.6 Å². The topological polar surface area (TPSA) is 66.6 Å². The summed E-state index contributed by atoms with van der Waals surface area (Å²) in [6, 6.07) is 2.10. The highest BCUT2D eigenvalue weighted by molar-refractivity contribution is 7.89. The first-order valence-corrected chi connectivity index (χ1v) is 9.88. The number of nitrogens with two attached hydrogens (primary N) is 1. The monoisotopic (exact) mass is 329 g/mol. The summed E-state index contributed by atoms with van der Waals surface area (Å²) in [5.74, 6) is 0. The van der Waals surface area contributed by atoms with Gasteiger partial charge in [-0.25, -0.2) is 8.42 Å². The lowest BCUT2D eigenvalue weighted by Crippen LogP contribution is -2.59. The Hall–Kier alpha value is -0.470. The van der Waals surface area contributed by atoms with Crippen LogP contribution in [0.25, 0.3) is 0 Å². The molecule has 3 rings (SSSR count). The van der Waals surface area contributed by atoms with E-state index >= 15 is 0 Å². The number of piperidine rings is 1. The summed E-state index contributed by atoms with van der Waals surface area (Å²) in [5.41, 5.74) is 5.68. The highest BCUT2D eigenvalue weighted by atomic mass is 32.2. The second-order valence-electron chi connectivity index (χ2n) is 5.98. The lowest BCUT2D eigenvalue weighted by molar-refractivity contribution is 0.0564. The Morgan fingerprint density at radius 2 is 2.19 bits per heavy atom. The molecule has 118 valence electrons. The van der Waals surface area contributed by atoms with Crippen molar-refractivity contribution in [3.63, 3.8) is 0 Å². The number of hydrogen-bond donors (Lipinski definition) is 1. The average Bonchev–Trinajstić information content (AvgIpc) is 2.95. The fourth-order valence-corrected chi connectivity index (χ4v) is 6.46.